The van der Waals surface area contributed by atoms with Crippen molar-refractivity contribution in [1.82, 2.24) is 0 Å². The zero-order valence-corrected chi connectivity index (χ0v) is 7.05. The van der Waals surface area contributed by atoms with Crippen LogP contribution < -0.4 is 0 Å². The van der Waals surface area contributed by atoms with E-state index < -0.39 is 11.6 Å². The Bertz CT molecular complexity index is 356. The van der Waals surface area contributed by atoms with Gasteiger partial charge in [-0.3, -0.25) is 4.79 Å². The lowest BCUT2D eigenvalue weighted by Gasteiger charge is -2.01. The molecule has 13 heavy (non-hydrogen) atoms. The second kappa shape index (κ2) is 3.94. The zero-order valence-electron chi connectivity index (χ0n) is 7.05. The van der Waals surface area contributed by atoms with Gasteiger partial charge >= 0.3 is 0 Å². The molecule has 0 aliphatic heterocycles. The van der Waals surface area contributed by atoms with Gasteiger partial charge in [-0.05, 0) is 30.2 Å². The van der Waals surface area contributed by atoms with Crippen LogP contribution in [0.3, 0.4) is 0 Å². The van der Waals surface area contributed by atoms with Crippen molar-refractivity contribution in [2.45, 2.75) is 6.92 Å². The summed E-state index contributed by atoms with van der Waals surface area (Å²) in [5, 5.41) is 0. The van der Waals surface area contributed by atoms with Crippen LogP contribution in [-0.2, 0) is 4.79 Å². The molecule has 68 valence electrons. The van der Waals surface area contributed by atoms with Gasteiger partial charge in [-0.15, -0.1) is 0 Å². The first-order valence-electron chi connectivity index (χ1n) is 3.73. The summed E-state index contributed by atoms with van der Waals surface area (Å²) in [6.07, 6.45) is 3.26. The van der Waals surface area contributed by atoms with E-state index in [4.69, 9.17) is 0 Å². The molecular formula is C10H8F2O. The summed E-state index contributed by atoms with van der Waals surface area (Å²) in [4.78, 5) is 9.99. The summed E-state index contributed by atoms with van der Waals surface area (Å²) >= 11 is 0. The largest absolute Gasteiger partial charge is 0.299 e. The molecule has 0 amide bonds. The number of benzene rings is 1. The average molecular weight is 182 g/mol. The maximum atomic E-state index is 12.9. The van der Waals surface area contributed by atoms with Crippen LogP contribution >= 0.6 is 0 Å². The summed E-state index contributed by atoms with van der Waals surface area (Å²) in [5.41, 5.74) is 0.712. The molecule has 0 atom stereocenters. The van der Waals surface area contributed by atoms with Crippen molar-refractivity contribution in [3.8, 4) is 0 Å². The van der Waals surface area contributed by atoms with Gasteiger partial charge in [0, 0.05) is 0 Å². The number of allylic oxidation sites excluding steroid dienone is 1. The van der Waals surface area contributed by atoms with Gasteiger partial charge in [-0.2, -0.15) is 0 Å². The van der Waals surface area contributed by atoms with Crippen molar-refractivity contribution < 1.29 is 13.6 Å². The van der Waals surface area contributed by atoms with Crippen molar-refractivity contribution in [2.75, 3.05) is 0 Å². The molecule has 0 spiro atoms. The van der Waals surface area contributed by atoms with Gasteiger partial charge in [-0.1, -0.05) is 12.1 Å². The van der Waals surface area contributed by atoms with E-state index in [0.29, 0.717) is 11.8 Å². The quantitative estimate of drug-likeness (QED) is 0.507. The van der Waals surface area contributed by atoms with E-state index in [9.17, 15) is 13.6 Å². The van der Waals surface area contributed by atoms with E-state index in [1.54, 1.807) is 0 Å². The first-order chi connectivity index (χ1) is 6.16. The molecule has 1 rings (SSSR count). The highest BCUT2D eigenvalue weighted by molar-refractivity contribution is 5.74. The van der Waals surface area contributed by atoms with Gasteiger partial charge in [0.1, 0.15) is 6.29 Å². The van der Waals surface area contributed by atoms with E-state index in [-0.39, 0.29) is 5.56 Å². The second-order valence-corrected chi connectivity index (χ2v) is 2.57. The van der Waals surface area contributed by atoms with Crippen molar-refractivity contribution in [3.05, 3.63) is 41.0 Å². The Kier molecular flexibility index (Phi) is 2.90. The number of carbonyl (C=O) groups is 1. The zero-order chi connectivity index (χ0) is 9.84. The highest BCUT2D eigenvalue weighted by atomic mass is 19.2. The van der Waals surface area contributed by atoms with Crippen molar-refractivity contribution >= 4 is 12.4 Å². The third-order valence-corrected chi connectivity index (χ3v) is 1.74. The molecule has 1 aromatic carbocycles. The minimum Gasteiger partial charge on any atom is -0.299 e. The van der Waals surface area contributed by atoms with Crippen LogP contribution in [0.4, 0.5) is 8.78 Å². The molecule has 0 saturated carbocycles. The summed E-state index contributed by atoms with van der Waals surface area (Å²) in [6.45, 7) is 1.46. The summed E-state index contributed by atoms with van der Waals surface area (Å²) in [5.74, 6) is -1.74. The van der Waals surface area contributed by atoms with Crippen LogP contribution in [0, 0.1) is 18.6 Å². The second-order valence-electron chi connectivity index (χ2n) is 2.57. The van der Waals surface area contributed by atoms with Gasteiger partial charge in [-0.25, -0.2) is 8.78 Å². The normalized spacial score (nSPS) is 10.7. The number of hydrogen-bond donors (Lipinski definition) is 0. The van der Waals surface area contributed by atoms with Crippen LogP contribution in [0.5, 0.6) is 0 Å². The molecule has 0 bridgehead atoms. The van der Waals surface area contributed by atoms with Crippen LogP contribution in [-0.4, -0.2) is 6.29 Å². The first-order valence-corrected chi connectivity index (χ1v) is 3.73. The molecule has 0 aliphatic rings. The fourth-order valence-electron chi connectivity index (χ4n) is 0.990. The molecule has 0 unspecified atom stereocenters. The standard InChI is InChI=1S/C10H8F2O/c1-7-8(3-2-6-13)4-5-9(11)10(7)12/h2-6H,1H3. The molecule has 1 aromatic rings. The Hall–Kier alpha value is -1.51. The number of aldehydes is 1. The highest BCUT2D eigenvalue weighted by Gasteiger charge is 2.06. The lowest BCUT2D eigenvalue weighted by molar-refractivity contribution is -0.104. The van der Waals surface area contributed by atoms with Gasteiger partial charge in [0.05, 0.1) is 0 Å². The van der Waals surface area contributed by atoms with E-state index in [1.807, 2.05) is 0 Å². The van der Waals surface area contributed by atoms with Crippen LogP contribution in [0.2, 0.25) is 0 Å². The van der Waals surface area contributed by atoms with Gasteiger partial charge in [0.25, 0.3) is 0 Å². The Morgan fingerprint density at radius 2 is 2.00 bits per heavy atom. The fraction of sp³-hybridized carbons (Fsp3) is 0.100. The minimum absolute atomic E-state index is 0.207. The molecule has 0 radical (unpaired) electrons. The summed E-state index contributed by atoms with van der Waals surface area (Å²) in [7, 11) is 0. The van der Waals surface area contributed by atoms with Gasteiger partial charge < -0.3 is 0 Å². The van der Waals surface area contributed by atoms with E-state index in [1.165, 1.54) is 25.1 Å². The van der Waals surface area contributed by atoms with Crippen LogP contribution in [0.25, 0.3) is 6.08 Å². The van der Waals surface area contributed by atoms with E-state index in [0.717, 1.165) is 6.07 Å². The van der Waals surface area contributed by atoms with Crippen LogP contribution in [0.1, 0.15) is 11.1 Å². The molecule has 0 aliphatic carbocycles. The summed E-state index contributed by atoms with van der Waals surface area (Å²) in [6, 6.07) is 2.46. The molecular weight excluding hydrogens is 174 g/mol. The molecule has 1 nitrogen and oxygen atoms in total. The number of rotatable bonds is 2. The first kappa shape index (κ1) is 9.58. The maximum absolute atomic E-state index is 12.9. The Labute approximate surface area is 74.7 Å². The topological polar surface area (TPSA) is 17.1 Å². The fourth-order valence-corrected chi connectivity index (χ4v) is 0.990. The smallest absolute Gasteiger partial charge is 0.162 e. The average Bonchev–Trinajstić information content (AvgIpc) is 2.13. The molecule has 0 fully saturated rings. The lowest BCUT2D eigenvalue weighted by Crippen LogP contribution is -1.91. The summed E-state index contributed by atoms with van der Waals surface area (Å²) < 4.78 is 25.5. The predicted molar refractivity (Wildman–Crippen MR) is 46.2 cm³/mol. The molecule has 0 N–H and O–H groups in total. The Balaban J connectivity index is 3.17. The third-order valence-electron chi connectivity index (χ3n) is 1.74. The van der Waals surface area contributed by atoms with E-state index in [2.05, 4.69) is 0 Å². The number of hydrogen-bond acceptors (Lipinski definition) is 1. The monoisotopic (exact) mass is 182 g/mol. The number of carbonyl (C=O) groups excluding carboxylic acids is 1. The highest BCUT2D eigenvalue weighted by Crippen LogP contribution is 2.16. The van der Waals surface area contributed by atoms with Crippen molar-refractivity contribution in [3.63, 3.8) is 0 Å². The van der Waals surface area contributed by atoms with Crippen molar-refractivity contribution in [1.29, 1.82) is 0 Å². The van der Waals surface area contributed by atoms with Gasteiger partial charge in [0.15, 0.2) is 11.6 Å². The maximum Gasteiger partial charge on any atom is 0.162 e. The molecule has 0 heterocycles. The SMILES string of the molecule is Cc1c(C=CC=O)ccc(F)c1F. The van der Waals surface area contributed by atoms with Crippen LogP contribution in [0.15, 0.2) is 18.2 Å². The Morgan fingerprint density at radius 3 is 2.62 bits per heavy atom. The predicted octanol–water partition coefficient (Wildman–Crippen LogP) is 2.49. The lowest BCUT2D eigenvalue weighted by atomic mass is 10.1. The van der Waals surface area contributed by atoms with E-state index >= 15 is 0 Å². The molecule has 3 heteroatoms. The molecule has 0 saturated heterocycles. The molecule has 0 aromatic heterocycles. The Morgan fingerprint density at radius 1 is 1.31 bits per heavy atom. The minimum atomic E-state index is -0.874. The van der Waals surface area contributed by atoms with Gasteiger partial charge in [0.2, 0.25) is 0 Å². The number of halogens is 2. The third kappa shape index (κ3) is 1.99. The van der Waals surface area contributed by atoms with Crippen molar-refractivity contribution in [2.24, 2.45) is 0 Å².